The summed E-state index contributed by atoms with van der Waals surface area (Å²) in [7, 11) is 0. The van der Waals surface area contributed by atoms with Crippen LogP contribution in [0.15, 0.2) is 59.5 Å². The smallest absolute Gasteiger partial charge is 0.230 e. The van der Waals surface area contributed by atoms with E-state index in [4.69, 9.17) is 5.26 Å². The molecule has 112 valence electrons. The van der Waals surface area contributed by atoms with Crippen molar-refractivity contribution in [3.8, 4) is 5.40 Å². The summed E-state index contributed by atoms with van der Waals surface area (Å²) in [5, 5.41) is 13.6. The van der Waals surface area contributed by atoms with Crippen molar-refractivity contribution >= 4 is 23.4 Å². The van der Waals surface area contributed by atoms with Crippen LogP contribution in [0, 0.1) is 16.1 Å². The normalized spacial score (nSPS) is 10.8. The zero-order valence-electron chi connectivity index (χ0n) is 12.7. The number of nitriles is 1. The zero-order valence-corrected chi connectivity index (χ0v) is 13.5. The van der Waals surface area contributed by atoms with Crippen LogP contribution in [0.5, 0.6) is 0 Å². The fourth-order valence-electron chi connectivity index (χ4n) is 2.15. The third-order valence-corrected chi connectivity index (χ3v) is 3.98. The SMILES string of the molecule is CC(C)(Cc1ccccc1)C(=O)Nc1ccc(SC#N)cc1. The number of thiocyanates is 1. The van der Waals surface area contributed by atoms with Crippen molar-refractivity contribution in [2.24, 2.45) is 5.41 Å². The van der Waals surface area contributed by atoms with E-state index in [2.05, 4.69) is 5.32 Å². The Bertz CT molecular complexity index is 672. The van der Waals surface area contributed by atoms with Crippen LogP contribution in [0.2, 0.25) is 0 Å². The molecule has 22 heavy (non-hydrogen) atoms. The average Bonchev–Trinajstić information content (AvgIpc) is 2.50. The fraction of sp³-hybridized carbons (Fsp3) is 0.222. The molecule has 0 heterocycles. The van der Waals surface area contributed by atoms with E-state index in [1.807, 2.05) is 73.8 Å². The molecule has 0 bridgehead atoms. The number of rotatable bonds is 5. The van der Waals surface area contributed by atoms with E-state index in [1.54, 1.807) is 0 Å². The summed E-state index contributed by atoms with van der Waals surface area (Å²) in [4.78, 5) is 13.3. The van der Waals surface area contributed by atoms with Crippen LogP contribution in [0.3, 0.4) is 0 Å². The number of nitrogens with one attached hydrogen (secondary N) is 1. The molecule has 2 aromatic rings. The first-order valence-electron chi connectivity index (χ1n) is 7.03. The average molecular weight is 310 g/mol. The van der Waals surface area contributed by atoms with Crippen LogP contribution in [-0.4, -0.2) is 5.91 Å². The quantitative estimate of drug-likeness (QED) is 0.655. The van der Waals surface area contributed by atoms with Gasteiger partial charge < -0.3 is 5.32 Å². The van der Waals surface area contributed by atoms with Crippen molar-refractivity contribution < 1.29 is 4.79 Å². The first-order chi connectivity index (χ1) is 10.5. The zero-order chi connectivity index (χ0) is 16.0. The van der Waals surface area contributed by atoms with Crippen LogP contribution in [0.1, 0.15) is 19.4 Å². The maximum absolute atomic E-state index is 12.5. The summed E-state index contributed by atoms with van der Waals surface area (Å²) >= 11 is 1.10. The second-order valence-electron chi connectivity index (χ2n) is 5.72. The Labute approximate surface area is 135 Å². The topological polar surface area (TPSA) is 52.9 Å². The molecule has 0 atom stereocenters. The van der Waals surface area contributed by atoms with Crippen molar-refractivity contribution in [3.05, 3.63) is 60.2 Å². The Morgan fingerprint density at radius 1 is 1.14 bits per heavy atom. The monoisotopic (exact) mass is 310 g/mol. The number of hydrogen-bond donors (Lipinski definition) is 1. The molecule has 1 N–H and O–H groups in total. The number of nitrogens with zero attached hydrogens (tertiary/aromatic N) is 1. The number of amides is 1. The first-order valence-corrected chi connectivity index (χ1v) is 7.84. The minimum Gasteiger partial charge on any atom is -0.326 e. The largest absolute Gasteiger partial charge is 0.326 e. The molecular formula is C18H18N2OS. The van der Waals surface area contributed by atoms with Crippen LogP contribution < -0.4 is 5.32 Å². The highest BCUT2D eigenvalue weighted by atomic mass is 32.2. The maximum atomic E-state index is 12.5. The molecule has 0 saturated heterocycles. The lowest BCUT2D eigenvalue weighted by atomic mass is 9.85. The Kier molecular flexibility index (Phi) is 5.24. The Hall–Kier alpha value is -2.25. The van der Waals surface area contributed by atoms with Gasteiger partial charge in [-0.15, -0.1) is 0 Å². The highest BCUT2D eigenvalue weighted by molar-refractivity contribution is 8.03. The van der Waals surface area contributed by atoms with Crippen molar-refractivity contribution in [1.82, 2.24) is 0 Å². The Morgan fingerprint density at radius 3 is 2.36 bits per heavy atom. The van der Waals surface area contributed by atoms with Gasteiger partial charge >= 0.3 is 0 Å². The minimum absolute atomic E-state index is 0.0166. The van der Waals surface area contributed by atoms with Gasteiger partial charge in [-0.1, -0.05) is 44.2 Å². The number of hydrogen-bond acceptors (Lipinski definition) is 3. The fourth-order valence-corrected chi connectivity index (χ4v) is 2.52. The molecule has 0 aliphatic rings. The van der Waals surface area contributed by atoms with Gasteiger partial charge in [0.1, 0.15) is 5.40 Å². The molecule has 0 fully saturated rings. The number of carbonyl (C=O) groups excluding carboxylic acids is 1. The number of carbonyl (C=O) groups is 1. The lowest BCUT2D eigenvalue weighted by Gasteiger charge is -2.23. The number of thioether (sulfide) groups is 1. The highest BCUT2D eigenvalue weighted by Gasteiger charge is 2.27. The second kappa shape index (κ2) is 7.15. The summed E-state index contributed by atoms with van der Waals surface area (Å²) in [6.45, 7) is 3.88. The van der Waals surface area contributed by atoms with E-state index in [0.29, 0.717) is 6.42 Å². The molecule has 0 aliphatic carbocycles. The van der Waals surface area contributed by atoms with Crippen LogP contribution in [0.25, 0.3) is 0 Å². The Morgan fingerprint density at radius 2 is 1.77 bits per heavy atom. The third-order valence-electron chi connectivity index (χ3n) is 3.38. The number of benzene rings is 2. The molecule has 0 aromatic heterocycles. The third kappa shape index (κ3) is 4.37. The highest BCUT2D eigenvalue weighted by Crippen LogP contribution is 2.25. The van der Waals surface area contributed by atoms with Crippen molar-refractivity contribution in [3.63, 3.8) is 0 Å². The van der Waals surface area contributed by atoms with Gasteiger partial charge in [0.2, 0.25) is 5.91 Å². The standard InChI is InChI=1S/C18H18N2OS/c1-18(2,12-14-6-4-3-5-7-14)17(21)20-15-8-10-16(11-9-15)22-13-19/h3-11H,12H2,1-2H3,(H,20,21). The van der Waals surface area contributed by atoms with Gasteiger partial charge in [0, 0.05) is 16.0 Å². The van der Waals surface area contributed by atoms with E-state index < -0.39 is 5.41 Å². The van der Waals surface area contributed by atoms with Gasteiger partial charge in [-0.3, -0.25) is 4.79 Å². The maximum Gasteiger partial charge on any atom is 0.230 e. The predicted molar refractivity (Wildman–Crippen MR) is 90.5 cm³/mol. The van der Waals surface area contributed by atoms with Crippen molar-refractivity contribution in [2.45, 2.75) is 25.2 Å². The van der Waals surface area contributed by atoms with E-state index in [9.17, 15) is 4.79 Å². The molecule has 2 rings (SSSR count). The molecule has 0 spiro atoms. The summed E-state index contributed by atoms with van der Waals surface area (Å²) < 4.78 is 0. The number of anilines is 1. The molecule has 1 amide bonds. The van der Waals surface area contributed by atoms with Gasteiger partial charge in [-0.25, -0.2) is 0 Å². The van der Waals surface area contributed by atoms with Gasteiger partial charge in [0.15, 0.2) is 0 Å². The van der Waals surface area contributed by atoms with Crippen molar-refractivity contribution in [1.29, 1.82) is 5.26 Å². The molecule has 0 saturated carbocycles. The van der Waals surface area contributed by atoms with Gasteiger partial charge in [0.05, 0.1) is 0 Å². The summed E-state index contributed by atoms with van der Waals surface area (Å²) in [5.41, 5.74) is 1.39. The molecule has 4 heteroatoms. The van der Waals surface area contributed by atoms with Gasteiger partial charge in [0.25, 0.3) is 0 Å². The molecule has 0 aliphatic heterocycles. The molecule has 3 nitrogen and oxygen atoms in total. The van der Waals surface area contributed by atoms with Crippen LogP contribution in [0.4, 0.5) is 5.69 Å². The van der Waals surface area contributed by atoms with Gasteiger partial charge in [-0.2, -0.15) is 5.26 Å². The first kappa shape index (κ1) is 16.1. The van der Waals surface area contributed by atoms with E-state index >= 15 is 0 Å². The minimum atomic E-state index is -0.499. The van der Waals surface area contributed by atoms with Crippen LogP contribution >= 0.6 is 11.8 Å². The van der Waals surface area contributed by atoms with E-state index in [-0.39, 0.29) is 5.91 Å². The van der Waals surface area contributed by atoms with Crippen LogP contribution in [-0.2, 0) is 11.2 Å². The summed E-state index contributed by atoms with van der Waals surface area (Å²) in [6, 6.07) is 17.3. The van der Waals surface area contributed by atoms with Crippen molar-refractivity contribution in [2.75, 3.05) is 5.32 Å². The lowest BCUT2D eigenvalue weighted by molar-refractivity contribution is -0.123. The van der Waals surface area contributed by atoms with Gasteiger partial charge in [-0.05, 0) is 48.0 Å². The molecule has 2 aromatic carbocycles. The second-order valence-corrected chi connectivity index (χ2v) is 6.58. The van der Waals surface area contributed by atoms with E-state index in [0.717, 1.165) is 27.9 Å². The van der Waals surface area contributed by atoms with E-state index in [1.165, 1.54) is 0 Å². The molecule has 0 radical (unpaired) electrons. The molecule has 0 unspecified atom stereocenters. The lowest BCUT2D eigenvalue weighted by Crippen LogP contribution is -2.32. The predicted octanol–water partition coefficient (Wildman–Crippen LogP) is 4.47. The Balaban J connectivity index is 2.02. The summed E-state index contributed by atoms with van der Waals surface area (Å²) in [6.07, 6.45) is 0.683. The summed E-state index contributed by atoms with van der Waals surface area (Å²) in [5.74, 6) is -0.0166. The molecular weight excluding hydrogens is 292 g/mol.